The summed E-state index contributed by atoms with van der Waals surface area (Å²) in [4.78, 5) is 16.2. The van der Waals surface area contributed by atoms with Gasteiger partial charge in [-0.2, -0.15) is 0 Å². The molecular formula is C15H17F2N3OS. The van der Waals surface area contributed by atoms with Crippen LogP contribution >= 0.6 is 11.3 Å². The lowest BCUT2D eigenvalue weighted by molar-refractivity contribution is 0.233. The first-order valence-corrected chi connectivity index (χ1v) is 7.80. The number of benzene rings is 1. The van der Waals surface area contributed by atoms with Gasteiger partial charge in [-0.3, -0.25) is 0 Å². The number of carbonyl (C=O) groups is 1. The van der Waals surface area contributed by atoms with Gasteiger partial charge >= 0.3 is 6.03 Å². The van der Waals surface area contributed by atoms with E-state index in [1.807, 2.05) is 12.3 Å². The molecule has 7 heteroatoms. The van der Waals surface area contributed by atoms with Crippen LogP contribution in [-0.4, -0.2) is 11.0 Å². The van der Waals surface area contributed by atoms with Crippen LogP contribution in [0.2, 0.25) is 0 Å². The lowest BCUT2D eigenvalue weighted by Crippen LogP contribution is -2.39. The van der Waals surface area contributed by atoms with Gasteiger partial charge in [0.15, 0.2) is 11.6 Å². The van der Waals surface area contributed by atoms with Gasteiger partial charge in [0.2, 0.25) is 0 Å². The monoisotopic (exact) mass is 325 g/mol. The predicted molar refractivity (Wildman–Crippen MR) is 81.6 cm³/mol. The molecule has 1 aromatic heterocycles. The van der Waals surface area contributed by atoms with Gasteiger partial charge in [-0.1, -0.05) is 13.0 Å². The topological polar surface area (TPSA) is 54.0 Å². The molecule has 2 rings (SSSR count). The van der Waals surface area contributed by atoms with E-state index in [1.165, 1.54) is 17.4 Å². The van der Waals surface area contributed by atoms with Gasteiger partial charge < -0.3 is 10.6 Å². The Labute approximate surface area is 131 Å². The summed E-state index contributed by atoms with van der Waals surface area (Å²) in [5, 5.41) is 8.21. The average molecular weight is 325 g/mol. The molecule has 1 aromatic carbocycles. The Balaban J connectivity index is 1.97. The van der Waals surface area contributed by atoms with Gasteiger partial charge in [0, 0.05) is 11.6 Å². The summed E-state index contributed by atoms with van der Waals surface area (Å²) < 4.78 is 26.1. The first kappa shape index (κ1) is 16.4. The first-order chi connectivity index (χ1) is 10.5. The van der Waals surface area contributed by atoms with E-state index in [2.05, 4.69) is 15.6 Å². The SMILES string of the molecule is CC[C@H](NC(=O)N[C@H](C)c1ccc(F)c(F)c1)c1nccs1. The van der Waals surface area contributed by atoms with Crippen LogP contribution in [0.25, 0.3) is 0 Å². The van der Waals surface area contributed by atoms with E-state index in [9.17, 15) is 13.6 Å². The largest absolute Gasteiger partial charge is 0.332 e. The molecule has 0 unspecified atom stereocenters. The minimum absolute atomic E-state index is 0.169. The maximum atomic E-state index is 13.2. The van der Waals surface area contributed by atoms with Crippen molar-refractivity contribution in [2.24, 2.45) is 0 Å². The lowest BCUT2D eigenvalue weighted by atomic mass is 10.1. The summed E-state index contributed by atoms with van der Waals surface area (Å²) in [6, 6.07) is 2.59. The van der Waals surface area contributed by atoms with Gasteiger partial charge in [-0.15, -0.1) is 11.3 Å². The van der Waals surface area contributed by atoms with Gasteiger partial charge in [-0.05, 0) is 31.0 Å². The van der Waals surface area contributed by atoms with Crippen molar-refractivity contribution in [1.82, 2.24) is 15.6 Å². The summed E-state index contributed by atoms with van der Waals surface area (Å²) in [6.45, 7) is 3.65. The molecule has 2 atom stereocenters. The second-order valence-electron chi connectivity index (χ2n) is 4.84. The molecule has 2 aromatic rings. The molecule has 0 aliphatic carbocycles. The molecule has 0 saturated heterocycles. The third-order valence-corrected chi connectivity index (χ3v) is 4.14. The second kappa shape index (κ2) is 7.31. The zero-order valence-corrected chi connectivity index (χ0v) is 13.1. The van der Waals surface area contributed by atoms with Crippen molar-refractivity contribution in [2.45, 2.75) is 32.4 Å². The highest BCUT2D eigenvalue weighted by atomic mass is 32.1. The van der Waals surface area contributed by atoms with Crippen LogP contribution in [0, 0.1) is 11.6 Å². The maximum Gasteiger partial charge on any atom is 0.315 e. The van der Waals surface area contributed by atoms with Crippen LogP contribution < -0.4 is 10.6 Å². The summed E-state index contributed by atoms with van der Waals surface area (Å²) in [7, 11) is 0. The number of hydrogen-bond acceptors (Lipinski definition) is 3. The number of halogens is 2. The van der Waals surface area contributed by atoms with Crippen molar-refractivity contribution in [2.75, 3.05) is 0 Å². The van der Waals surface area contributed by atoms with E-state index in [0.29, 0.717) is 12.0 Å². The smallest absolute Gasteiger partial charge is 0.315 e. The summed E-state index contributed by atoms with van der Waals surface area (Å²) >= 11 is 1.47. The fraction of sp³-hybridized carbons (Fsp3) is 0.333. The fourth-order valence-electron chi connectivity index (χ4n) is 2.01. The third kappa shape index (κ3) is 4.00. The van der Waals surface area contributed by atoms with Crippen molar-refractivity contribution in [3.8, 4) is 0 Å². The van der Waals surface area contributed by atoms with Gasteiger partial charge in [0.05, 0.1) is 12.1 Å². The van der Waals surface area contributed by atoms with Crippen molar-refractivity contribution in [3.63, 3.8) is 0 Å². The lowest BCUT2D eigenvalue weighted by Gasteiger charge is -2.19. The number of rotatable bonds is 5. The summed E-state index contributed by atoms with van der Waals surface area (Å²) in [5.74, 6) is -1.84. The van der Waals surface area contributed by atoms with E-state index < -0.39 is 17.7 Å². The average Bonchev–Trinajstić information content (AvgIpc) is 3.01. The van der Waals surface area contributed by atoms with Crippen LogP contribution in [0.5, 0.6) is 0 Å². The Kier molecular flexibility index (Phi) is 5.43. The van der Waals surface area contributed by atoms with Gasteiger partial charge in [0.25, 0.3) is 0 Å². The van der Waals surface area contributed by atoms with Crippen LogP contribution in [0.15, 0.2) is 29.8 Å². The summed E-state index contributed by atoms with van der Waals surface area (Å²) in [5.41, 5.74) is 0.497. The molecule has 0 spiro atoms. The van der Waals surface area contributed by atoms with Crippen molar-refractivity contribution in [1.29, 1.82) is 0 Å². The fourth-order valence-corrected chi connectivity index (χ4v) is 2.78. The molecule has 0 aliphatic rings. The van der Waals surface area contributed by atoms with Crippen LogP contribution in [-0.2, 0) is 0 Å². The first-order valence-electron chi connectivity index (χ1n) is 6.92. The Morgan fingerprint density at radius 1 is 1.32 bits per heavy atom. The Morgan fingerprint density at radius 3 is 2.68 bits per heavy atom. The predicted octanol–water partition coefficient (Wildman–Crippen LogP) is 3.93. The highest BCUT2D eigenvalue weighted by Gasteiger charge is 2.17. The van der Waals surface area contributed by atoms with Crippen molar-refractivity contribution >= 4 is 17.4 Å². The molecule has 0 saturated carbocycles. The number of amides is 2. The Bertz CT molecular complexity index is 634. The second-order valence-corrected chi connectivity index (χ2v) is 5.77. The number of hydrogen-bond donors (Lipinski definition) is 2. The standard InChI is InChI=1S/C15H17F2N3OS/c1-3-13(14-18-6-7-22-14)20-15(21)19-9(2)10-4-5-11(16)12(17)8-10/h4-9,13H,3H2,1-2H3,(H2,19,20,21)/t9-,13+/m1/s1. The van der Waals surface area contributed by atoms with E-state index in [0.717, 1.165) is 17.1 Å². The van der Waals surface area contributed by atoms with Crippen LogP contribution in [0.3, 0.4) is 0 Å². The highest BCUT2D eigenvalue weighted by molar-refractivity contribution is 7.09. The molecule has 2 N–H and O–H groups in total. The van der Waals surface area contributed by atoms with Gasteiger partial charge in [-0.25, -0.2) is 18.6 Å². The Morgan fingerprint density at radius 2 is 2.09 bits per heavy atom. The van der Waals surface area contributed by atoms with E-state index in [1.54, 1.807) is 13.1 Å². The van der Waals surface area contributed by atoms with Crippen molar-refractivity contribution in [3.05, 3.63) is 52.0 Å². The summed E-state index contributed by atoms with van der Waals surface area (Å²) in [6.07, 6.45) is 2.40. The molecule has 22 heavy (non-hydrogen) atoms. The number of nitrogens with zero attached hydrogens (tertiary/aromatic N) is 1. The maximum absolute atomic E-state index is 13.2. The molecule has 2 amide bonds. The number of aromatic nitrogens is 1. The molecule has 1 heterocycles. The van der Waals surface area contributed by atoms with E-state index in [4.69, 9.17) is 0 Å². The number of nitrogens with one attached hydrogen (secondary N) is 2. The molecule has 0 bridgehead atoms. The quantitative estimate of drug-likeness (QED) is 0.875. The highest BCUT2D eigenvalue weighted by Crippen LogP contribution is 2.19. The molecular weight excluding hydrogens is 308 g/mol. The zero-order valence-electron chi connectivity index (χ0n) is 12.3. The van der Waals surface area contributed by atoms with Crippen molar-refractivity contribution < 1.29 is 13.6 Å². The van der Waals surface area contributed by atoms with E-state index in [-0.39, 0.29) is 12.1 Å². The zero-order chi connectivity index (χ0) is 16.1. The van der Waals surface area contributed by atoms with Gasteiger partial charge in [0.1, 0.15) is 5.01 Å². The molecule has 0 aliphatic heterocycles. The number of urea groups is 1. The minimum atomic E-state index is -0.930. The number of carbonyl (C=O) groups excluding carboxylic acids is 1. The molecule has 0 fully saturated rings. The van der Waals surface area contributed by atoms with Crippen LogP contribution in [0.4, 0.5) is 13.6 Å². The third-order valence-electron chi connectivity index (χ3n) is 3.25. The van der Waals surface area contributed by atoms with Crippen LogP contribution in [0.1, 0.15) is 42.9 Å². The minimum Gasteiger partial charge on any atom is -0.332 e. The molecule has 4 nitrogen and oxygen atoms in total. The molecule has 118 valence electrons. The normalized spacial score (nSPS) is 13.5. The van der Waals surface area contributed by atoms with E-state index >= 15 is 0 Å². The number of thiazole rings is 1. The Hall–Kier alpha value is -2.02. The molecule has 0 radical (unpaired) electrons.